The molecule has 0 aliphatic rings. The van der Waals surface area contributed by atoms with Gasteiger partial charge in [0, 0.05) is 6.54 Å². The van der Waals surface area contributed by atoms with Gasteiger partial charge in [0.1, 0.15) is 0 Å². The minimum Gasteiger partial charge on any atom is -0.299 e. The molecule has 0 aliphatic carbocycles. The number of hydrogen-bond donors (Lipinski definition) is 0. The van der Waals surface area contributed by atoms with Crippen molar-refractivity contribution in [1.29, 1.82) is 5.26 Å². The minimum atomic E-state index is 0.796. The van der Waals surface area contributed by atoms with Crippen LogP contribution < -0.4 is 0 Å². The summed E-state index contributed by atoms with van der Waals surface area (Å²) in [6.07, 6.45) is 1.17. The second-order valence-corrected chi connectivity index (χ2v) is 4.07. The number of rotatable bonds is 5. The Morgan fingerprint density at radius 2 is 2.06 bits per heavy atom. The largest absolute Gasteiger partial charge is 0.299 e. The van der Waals surface area contributed by atoms with E-state index in [1.165, 1.54) is 12.0 Å². The van der Waals surface area contributed by atoms with Gasteiger partial charge in [0.25, 0.3) is 0 Å². The Morgan fingerprint density at radius 3 is 2.62 bits per heavy atom. The fourth-order valence-corrected chi connectivity index (χ4v) is 1.88. The van der Waals surface area contributed by atoms with Gasteiger partial charge in [0.15, 0.2) is 0 Å². The zero-order chi connectivity index (χ0) is 12.0. The summed E-state index contributed by atoms with van der Waals surface area (Å²) in [6.45, 7) is 9.54. The van der Waals surface area contributed by atoms with Crippen LogP contribution in [0, 0.1) is 18.3 Å². The lowest BCUT2D eigenvalue weighted by Gasteiger charge is -2.20. The standard InChI is InChI=1S/C14H20N2/c1-4-9-16(5-2)11-14-8-6-7-13(10-15)12(14)3/h6-8H,4-5,9,11H2,1-3H3. The Labute approximate surface area is 98.5 Å². The van der Waals surface area contributed by atoms with E-state index in [1.807, 2.05) is 19.1 Å². The van der Waals surface area contributed by atoms with Crippen LogP contribution in [0.3, 0.4) is 0 Å². The lowest BCUT2D eigenvalue weighted by atomic mass is 10.0. The maximum atomic E-state index is 8.97. The second-order valence-electron chi connectivity index (χ2n) is 4.07. The second kappa shape index (κ2) is 6.30. The van der Waals surface area contributed by atoms with E-state index >= 15 is 0 Å². The molecule has 0 unspecified atom stereocenters. The molecule has 86 valence electrons. The molecule has 0 heterocycles. The van der Waals surface area contributed by atoms with Crippen molar-refractivity contribution in [2.45, 2.75) is 33.7 Å². The molecule has 0 saturated carbocycles. The fourth-order valence-electron chi connectivity index (χ4n) is 1.88. The topological polar surface area (TPSA) is 27.0 Å². The van der Waals surface area contributed by atoms with E-state index in [-0.39, 0.29) is 0 Å². The number of nitrogens with zero attached hydrogens (tertiary/aromatic N) is 2. The summed E-state index contributed by atoms with van der Waals surface area (Å²) in [5.41, 5.74) is 3.19. The van der Waals surface area contributed by atoms with Crippen molar-refractivity contribution in [3.8, 4) is 6.07 Å². The summed E-state index contributed by atoms with van der Waals surface area (Å²) < 4.78 is 0. The van der Waals surface area contributed by atoms with Crippen molar-refractivity contribution < 1.29 is 0 Å². The molecule has 2 nitrogen and oxygen atoms in total. The van der Waals surface area contributed by atoms with Crippen LogP contribution in [0.25, 0.3) is 0 Å². The van der Waals surface area contributed by atoms with Gasteiger partial charge in [-0.15, -0.1) is 0 Å². The normalized spacial score (nSPS) is 10.4. The summed E-state index contributed by atoms with van der Waals surface area (Å²) in [5.74, 6) is 0. The Bertz CT molecular complexity index is 377. The van der Waals surface area contributed by atoms with Crippen LogP contribution >= 0.6 is 0 Å². The third kappa shape index (κ3) is 3.08. The maximum absolute atomic E-state index is 8.97. The zero-order valence-electron chi connectivity index (χ0n) is 10.5. The predicted molar refractivity (Wildman–Crippen MR) is 67.1 cm³/mol. The van der Waals surface area contributed by atoms with Gasteiger partial charge in [-0.25, -0.2) is 0 Å². The Kier molecular flexibility index (Phi) is 5.01. The van der Waals surface area contributed by atoms with E-state index in [2.05, 4.69) is 30.9 Å². The first kappa shape index (κ1) is 12.7. The molecular formula is C14H20N2. The summed E-state index contributed by atoms with van der Waals surface area (Å²) in [5, 5.41) is 8.97. The van der Waals surface area contributed by atoms with Crippen LogP contribution in [0.15, 0.2) is 18.2 Å². The van der Waals surface area contributed by atoms with Gasteiger partial charge in [0.05, 0.1) is 11.6 Å². The Hall–Kier alpha value is -1.33. The van der Waals surface area contributed by atoms with Crippen molar-refractivity contribution in [3.63, 3.8) is 0 Å². The monoisotopic (exact) mass is 216 g/mol. The molecule has 16 heavy (non-hydrogen) atoms. The Morgan fingerprint density at radius 1 is 1.31 bits per heavy atom. The van der Waals surface area contributed by atoms with Crippen molar-refractivity contribution >= 4 is 0 Å². The fraction of sp³-hybridized carbons (Fsp3) is 0.500. The van der Waals surface area contributed by atoms with E-state index in [0.29, 0.717) is 0 Å². The molecule has 0 aliphatic heterocycles. The van der Waals surface area contributed by atoms with Gasteiger partial charge in [-0.2, -0.15) is 5.26 Å². The highest BCUT2D eigenvalue weighted by Crippen LogP contribution is 2.15. The highest BCUT2D eigenvalue weighted by molar-refractivity contribution is 5.41. The predicted octanol–water partition coefficient (Wildman–Crippen LogP) is 3.10. The van der Waals surface area contributed by atoms with Crippen molar-refractivity contribution in [2.24, 2.45) is 0 Å². The van der Waals surface area contributed by atoms with E-state index in [0.717, 1.165) is 30.8 Å². The van der Waals surface area contributed by atoms with Gasteiger partial charge in [0.2, 0.25) is 0 Å². The molecule has 0 atom stereocenters. The summed E-state index contributed by atoms with van der Waals surface area (Å²) in [4.78, 5) is 2.41. The van der Waals surface area contributed by atoms with Crippen molar-refractivity contribution in [1.82, 2.24) is 4.90 Å². The van der Waals surface area contributed by atoms with E-state index in [9.17, 15) is 0 Å². The summed E-state index contributed by atoms with van der Waals surface area (Å²) >= 11 is 0. The van der Waals surface area contributed by atoms with Gasteiger partial charge in [-0.05, 0) is 43.6 Å². The molecule has 0 aromatic heterocycles. The molecule has 1 aromatic rings. The molecule has 0 spiro atoms. The first-order valence-electron chi connectivity index (χ1n) is 5.93. The van der Waals surface area contributed by atoms with E-state index < -0.39 is 0 Å². The SMILES string of the molecule is CCCN(CC)Cc1cccc(C#N)c1C. The molecule has 2 heteroatoms. The highest BCUT2D eigenvalue weighted by Gasteiger charge is 2.07. The van der Waals surface area contributed by atoms with Crippen LogP contribution in [0.5, 0.6) is 0 Å². The molecule has 1 rings (SSSR count). The average Bonchev–Trinajstić information content (AvgIpc) is 2.31. The quantitative estimate of drug-likeness (QED) is 0.756. The van der Waals surface area contributed by atoms with Crippen LogP contribution in [0.1, 0.15) is 37.0 Å². The molecule has 1 aromatic carbocycles. The number of nitriles is 1. The van der Waals surface area contributed by atoms with Crippen LogP contribution in [-0.4, -0.2) is 18.0 Å². The molecule has 0 radical (unpaired) electrons. The van der Waals surface area contributed by atoms with Crippen LogP contribution in [0.2, 0.25) is 0 Å². The average molecular weight is 216 g/mol. The first-order chi connectivity index (χ1) is 7.72. The summed E-state index contributed by atoms with van der Waals surface area (Å²) in [7, 11) is 0. The third-order valence-electron chi connectivity index (χ3n) is 2.95. The van der Waals surface area contributed by atoms with Gasteiger partial charge in [-0.3, -0.25) is 4.90 Å². The summed E-state index contributed by atoms with van der Waals surface area (Å²) in [6, 6.07) is 8.22. The molecule has 0 saturated heterocycles. The number of benzene rings is 1. The maximum Gasteiger partial charge on any atom is 0.0994 e. The molecule has 0 bridgehead atoms. The minimum absolute atomic E-state index is 0.796. The molecule has 0 amide bonds. The smallest absolute Gasteiger partial charge is 0.0994 e. The lowest BCUT2D eigenvalue weighted by molar-refractivity contribution is 0.280. The van der Waals surface area contributed by atoms with E-state index in [1.54, 1.807) is 0 Å². The van der Waals surface area contributed by atoms with Crippen molar-refractivity contribution in [2.75, 3.05) is 13.1 Å². The van der Waals surface area contributed by atoms with Gasteiger partial charge in [-0.1, -0.05) is 26.0 Å². The van der Waals surface area contributed by atoms with E-state index in [4.69, 9.17) is 5.26 Å². The zero-order valence-corrected chi connectivity index (χ0v) is 10.5. The van der Waals surface area contributed by atoms with Crippen molar-refractivity contribution in [3.05, 3.63) is 34.9 Å². The van der Waals surface area contributed by atoms with Crippen LogP contribution in [0.4, 0.5) is 0 Å². The number of hydrogen-bond acceptors (Lipinski definition) is 2. The van der Waals surface area contributed by atoms with Gasteiger partial charge < -0.3 is 0 Å². The third-order valence-corrected chi connectivity index (χ3v) is 2.95. The molecular weight excluding hydrogens is 196 g/mol. The molecule has 0 fully saturated rings. The molecule has 0 N–H and O–H groups in total. The van der Waals surface area contributed by atoms with Gasteiger partial charge >= 0.3 is 0 Å². The van der Waals surface area contributed by atoms with Crippen LogP contribution in [-0.2, 0) is 6.54 Å². The lowest BCUT2D eigenvalue weighted by Crippen LogP contribution is -2.24. The Balaban J connectivity index is 2.84. The highest BCUT2D eigenvalue weighted by atomic mass is 15.1. The first-order valence-corrected chi connectivity index (χ1v) is 5.93.